The third kappa shape index (κ3) is 7.46. The van der Waals surface area contributed by atoms with Crippen LogP contribution in [0.2, 0.25) is 10.0 Å². The van der Waals surface area contributed by atoms with Crippen LogP contribution in [0, 0.1) is 11.3 Å². The van der Waals surface area contributed by atoms with Gasteiger partial charge in [0.1, 0.15) is 11.8 Å². The summed E-state index contributed by atoms with van der Waals surface area (Å²) in [4.78, 5) is 37.5. The summed E-state index contributed by atoms with van der Waals surface area (Å²) in [5, 5.41) is 17.1. The van der Waals surface area contributed by atoms with Gasteiger partial charge in [-0.15, -0.1) is 0 Å². The van der Waals surface area contributed by atoms with Crippen molar-refractivity contribution in [1.82, 2.24) is 10.6 Å². The summed E-state index contributed by atoms with van der Waals surface area (Å²) < 4.78 is 5.23. The summed E-state index contributed by atoms with van der Waals surface area (Å²) in [6.07, 6.45) is 0. The zero-order valence-electron chi connectivity index (χ0n) is 18.8. The summed E-state index contributed by atoms with van der Waals surface area (Å²) in [5.41, 5.74) is 0.990. The third-order valence-corrected chi connectivity index (χ3v) is 5.20. The molecule has 0 aliphatic carbocycles. The number of amides is 4. The number of carbonyl (C=O) groups excluding carboxylic acids is 3. The molecule has 35 heavy (non-hydrogen) atoms. The van der Waals surface area contributed by atoms with E-state index in [4.69, 9.17) is 27.9 Å². The Bertz CT molecular complexity index is 1280. The number of hydrogen-bond donors (Lipinski definition) is 3. The molecule has 0 bridgehead atoms. The topological polar surface area (TPSA) is 120 Å². The fraction of sp³-hybridized carbons (Fsp3) is 0.0833. The van der Waals surface area contributed by atoms with Gasteiger partial charge < -0.3 is 15.4 Å². The Balaban J connectivity index is 0.00000432. The first kappa shape index (κ1) is 28.2. The zero-order valence-corrected chi connectivity index (χ0v) is 22.3. The SMILES string of the molecule is COc1ccc(C(=O)NC(C#N)c2ccccc2)cc1NC(=O)NC(=O)c1ccc(Cl)cc1Cl.[Na]. The summed E-state index contributed by atoms with van der Waals surface area (Å²) in [5.74, 6) is -1.03. The van der Waals surface area contributed by atoms with Crippen LogP contribution in [0.1, 0.15) is 32.3 Å². The molecule has 4 amide bonds. The number of nitrogens with zero attached hydrogens (tertiary/aromatic N) is 1. The quantitative estimate of drug-likeness (QED) is 0.411. The van der Waals surface area contributed by atoms with Crippen LogP contribution in [0.25, 0.3) is 0 Å². The normalized spacial score (nSPS) is 10.7. The van der Waals surface area contributed by atoms with E-state index < -0.39 is 23.9 Å². The van der Waals surface area contributed by atoms with E-state index in [0.29, 0.717) is 10.6 Å². The van der Waals surface area contributed by atoms with Crippen LogP contribution in [-0.2, 0) is 0 Å². The summed E-state index contributed by atoms with van der Waals surface area (Å²) in [7, 11) is 1.39. The predicted molar refractivity (Wildman–Crippen MR) is 134 cm³/mol. The molecular formula is C24H18Cl2N4NaO4. The second-order valence-corrected chi connectivity index (χ2v) is 7.74. The maximum absolute atomic E-state index is 12.7. The van der Waals surface area contributed by atoms with Crippen molar-refractivity contribution in [2.75, 3.05) is 12.4 Å². The van der Waals surface area contributed by atoms with E-state index in [1.807, 2.05) is 6.07 Å². The number of urea groups is 1. The number of rotatable bonds is 6. The summed E-state index contributed by atoms with van der Waals surface area (Å²) in [6, 6.07) is 17.6. The van der Waals surface area contributed by atoms with Crippen LogP contribution >= 0.6 is 23.2 Å². The fourth-order valence-electron chi connectivity index (χ4n) is 2.99. The molecule has 0 heterocycles. The van der Waals surface area contributed by atoms with Crippen molar-refractivity contribution in [3.8, 4) is 11.8 Å². The van der Waals surface area contributed by atoms with Crippen LogP contribution in [0.3, 0.4) is 0 Å². The maximum atomic E-state index is 12.7. The van der Waals surface area contributed by atoms with Crippen molar-refractivity contribution in [3.63, 3.8) is 0 Å². The molecule has 1 unspecified atom stereocenters. The van der Waals surface area contributed by atoms with Gasteiger partial charge in [-0.1, -0.05) is 53.5 Å². The van der Waals surface area contributed by atoms with Gasteiger partial charge >= 0.3 is 6.03 Å². The number of nitriles is 1. The Kier molecular flexibility index (Phi) is 10.6. The molecule has 0 spiro atoms. The molecule has 173 valence electrons. The van der Waals surface area contributed by atoms with Crippen LogP contribution in [0.15, 0.2) is 66.7 Å². The number of hydrogen-bond acceptors (Lipinski definition) is 5. The average molecular weight is 520 g/mol. The summed E-state index contributed by atoms with van der Waals surface area (Å²) >= 11 is 11.8. The molecule has 3 N–H and O–H groups in total. The average Bonchev–Trinajstić information content (AvgIpc) is 2.82. The standard InChI is InChI=1S/C24H18Cl2N4O4.Na/c1-34-21-10-7-15(22(31)28-20(13-27)14-5-3-2-4-6-14)11-19(21)29-24(33)30-23(32)17-9-8-16(25)12-18(17)26;/h2-12,20H,1H3,(H,28,31)(H2,29,30,32,33);. The molecule has 3 aromatic carbocycles. The number of anilines is 1. The fourth-order valence-corrected chi connectivity index (χ4v) is 3.49. The molecule has 0 fully saturated rings. The Morgan fingerprint density at radius 1 is 0.971 bits per heavy atom. The molecule has 3 rings (SSSR count). The van der Waals surface area contributed by atoms with Crippen LogP contribution < -0.4 is 20.7 Å². The monoisotopic (exact) mass is 519 g/mol. The molecule has 1 atom stereocenters. The van der Waals surface area contributed by atoms with Crippen molar-refractivity contribution < 1.29 is 19.1 Å². The molecule has 0 aliphatic rings. The number of imide groups is 1. The van der Waals surface area contributed by atoms with E-state index in [2.05, 4.69) is 16.0 Å². The number of carbonyl (C=O) groups is 3. The van der Waals surface area contributed by atoms with Crippen molar-refractivity contribution in [1.29, 1.82) is 5.26 Å². The van der Waals surface area contributed by atoms with E-state index in [1.54, 1.807) is 30.3 Å². The molecular weight excluding hydrogens is 502 g/mol. The Hall–Kier alpha value is -3.06. The minimum absolute atomic E-state index is 0. The predicted octanol–water partition coefficient (Wildman–Crippen LogP) is 4.58. The summed E-state index contributed by atoms with van der Waals surface area (Å²) in [6.45, 7) is 0. The van der Waals surface area contributed by atoms with Gasteiger partial charge in [-0.25, -0.2) is 4.79 Å². The van der Waals surface area contributed by atoms with E-state index in [-0.39, 0.29) is 57.1 Å². The third-order valence-electron chi connectivity index (χ3n) is 4.65. The van der Waals surface area contributed by atoms with E-state index in [1.165, 1.54) is 43.5 Å². The smallest absolute Gasteiger partial charge is 0.326 e. The second kappa shape index (κ2) is 13.1. The number of halogens is 2. The van der Waals surface area contributed by atoms with Gasteiger partial charge in [0.05, 0.1) is 29.5 Å². The maximum Gasteiger partial charge on any atom is 0.326 e. The number of methoxy groups -OCH3 is 1. The first-order valence-corrected chi connectivity index (χ1v) is 10.6. The van der Waals surface area contributed by atoms with Gasteiger partial charge in [-0.3, -0.25) is 14.9 Å². The van der Waals surface area contributed by atoms with Gasteiger partial charge in [-0.2, -0.15) is 5.26 Å². The van der Waals surface area contributed by atoms with Gasteiger partial charge in [0.15, 0.2) is 0 Å². The van der Waals surface area contributed by atoms with E-state index >= 15 is 0 Å². The zero-order chi connectivity index (χ0) is 24.7. The van der Waals surface area contributed by atoms with E-state index in [9.17, 15) is 19.6 Å². The largest absolute Gasteiger partial charge is 0.495 e. The minimum atomic E-state index is -0.869. The van der Waals surface area contributed by atoms with Gasteiger partial charge in [-0.05, 0) is 42.0 Å². The number of nitrogens with one attached hydrogen (secondary N) is 3. The Morgan fingerprint density at radius 3 is 2.31 bits per heavy atom. The number of ether oxygens (including phenoxy) is 1. The molecule has 8 nitrogen and oxygen atoms in total. The van der Waals surface area contributed by atoms with Crippen molar-refractivity contribution in [2.24, 2.45) is 0 Å². The molecule has 3 aromatic rings. The van der Waals surface area contributed by atoms with Gasteiger partial charge in [0, 0.05) is 40.1 Å². The van der Waals surface area contributed by atoms with Crippen molar-refractivity contribution in [2.45, 2.75) is 6.04 Å². The molecule has 11 heteroatoms. The van der Waals surface area contributed by atoms with Crippen molar-refractivity contribution >= 4 is 76.3 Å². The molecule has 0 saturated carbocycles. The van der Waals surface area contributed by atoms with Crippen LogP contribution in [0.4, 0.5) is 10.5 Å². The number of benzene rings is 3. The van der Waals surface area contributed by atoms with Crippen molar-refractivity contribution in [3.05, 3.63) is 93.5 Å². The molecule has 0 aromatic heterocycles. The first-order valence-electron chi connectivity index (χ1n) is 9.83. The molecule has 0 saturated heterocycles. The first-order chi connectivity index (χ1) is 16.3. The second-order valence-electron chi connectivity index (χ2n) is 6.89. The molecule has 0 aliphatic heterocycles. The molecule has 1 radical (unpaired) electrons. The Labute approximate surface area is 233 Å². The van der Waals surface area contributed by atoms with Gasteiger partial charge in [0.2, 0.25) is 0 Å². The minimum Gasteiger partial charge on any atom is -0.495 e. The van der Waals surface area contributed by atoms with Crippen LogP contribution in [-0.4, -0.2) is 54.5 Å². The Morgan fingerprint density at radius 2 is 1.69 bits per heavy atom. The van der Waals surface area contributed by atoms with Crippen LogP contribution in [0.5, 0.6) is 5.75 Å². The van der Waals surface area contributed by atoms with Gasteiger partial charge in [0.25, 0.3) is 11.8 Å². The van der Waals surface area contributed by atoms with E-state index in [0.717, 1.165) is 0 Å².